The molecule has 0 heterocycles. The monoisotopic (exact) mass is 325 g/mol. The molecular weight excluding hydrogens is 309 g/mol. The average molecular weight is 326 g/mol. The molecule has 0 amide bonds. The Bertz CT molecular complexity index is 578. The molecule has 5 heteroatoms. The lowest BCUT2D eigenvalue weighted by molar-refractivity contribution is 0.210. The number of hydrogen-bond acceptors (Lipinski definition) is 3. The lowest BCUT2D eigenvalue weighted by Crippen LogP contribution is -2.21. The molecule has 2 aromatic carbocycles. The van der Waals surface area contributed by atoms with Crippen LogP contribution in [0.1, 0.15) is 17.2 Å². The number of aliphatic hydroxyl groups excluding tert-OH is 2. The van der Waals surface area contributed by atoms with Gasteiger partial charge in [-0.15, -0.1) is 11.6 Å². The highest BCUT2D eigenvalue weighted by atomic mass is 35.5. The number of rotatable bonds is 6. The van der Waals surface area contributed by atoms with Crippen LogP contribution in [0.25, 0.3) is 0 Å². The summed E-state index contributed by atoms with van der Waals surface area (Å²) >= 11 is 11.6. The second-order valence-corrected chi connectivity index (χ2v) is 5.48. The van der Waals surface area contributed by atoms with Crippen molar-refractivity contribution in [3.05, 3.63) is 64.7 Å². The maximum absolute atomic E-state index is 10.5. The van der Waals surface area contributed by atoms with Gasteiger partial charge in [0.2, 0.25) is 0 Å². The quantitative estimate of drug-likeness (QED) is 0.713. The number of halogens is 2. The van der Waals surface area contributed by atoms with Crippen LogP contribution in [0.3, 0.4) is 0 Å². The summed E-state index contributed by atoms with van der Waals surface area (Å²) in [6.07, 6.45) is -1.44. The van der Waals surface area contributed by atoms with Gasteiger partial charge in [-0.3, -0.25) is 0 Å². The first-order valence-electron chi connectivity index (χ1n) is 6.62. The zero-order chi connectivity index (χ0) is 15.2. The van der Waals surface area contributed by atoms with Gasteiger partial charge in [0.25, 0.3) is 0 Å². The fourth-order valence-corrected chi connectivity index (χ4v) is 2.31. The van der Waals surface area contributed by atoms with Gasteiger partial charge in [0.05, 0.1) is 12.0 Å². The largest absolute Gasteiger partial charge is 0.390 e. The van der Waals surface area contributed by atoms with Crippen molar-refractivity contribution in [2.24, 2.45) is 0 Å². The summed E-state index contributed by atoms with van der Waals surface area (Å²) in [4.78, 5) is 0. The van der Waals surface area contributed by atoms with Crippen molar-refractivity contribution in [2.45, 2.75) is 12.2 Å². The van der Waals surface area contributed by atoms with Crippen LogP contribution in [0.15, 0.2) is 48.5 Å². The van der Waals surface area contributed by atoms with Crippen LogP contribution in [-0.2, 0) is 0 Å². The molecule has 0 radical (unpaired) electrons. The van der Waals surface area contributed by atoms with Gasteiger partial charge < -0.3 is 15.5 Å². The smallest absolute Gasteiger partial charge is 0.106 e. The van der Waals surface area contributed by atoms with Crippen molar-refractivity contribution < 1.29 is 10.2 Å². The highest BCUT2D eigenvalue weighted by Gasteiger charge is 2.15. The molecule has 0 spiro atoms. The van der Waals surface area contributed by atoms with Gasteiger partial charge in [-0.2, -0.15) is 0 Å². The molecule has 21 heavy (non-hydrogen) atoms. The van der Waals surface area contributed by atoms with E-state index in [0.29, 0.717) is 17.1 Å². The lowest BCUT2D eigenvalue weighted by atomic mass is 10.00. The van der Waals surface area contributed by atoms with Crippen molar-refractivity contribution in [2.75, 3.05) is 17.7 Å². The topological polar surface area (TPSA) is 52.5 Å². The van der Waals surface area contributed by atoms with Crippen molar-refractivity contribution in [1.82, 2.24) is 0 Å². The molecule has 112 valence electrons. The third kappa shape index (κ3) is 4.35. The summed E-state index contributed by atoms with van der Waals surface area (Å²) in [7, 11) is 0. The number of benzene rings is 2. The average Bonchev–Trinajstić information content (AvgIpc) is 2.53. The molecular formula is C16H17Cl2NO2. The Morgan fingerprint density at radius 1 is 1.05 bits per heavy atom. The van der Waals surface area contributed by atoms with E-state index < -0.39 is 12.2 Å². The van der Waals surface area contributed by atoms with E-state index in [4.69, 9.17) is 23.2 Å². The molecule has 2 rings (SSSR count). The molecule has 0 aliphatic carbocycles. The molecule has 0 aromatic heterocycles. The molecule has 0 aliphatic heterocycles. The van der Waals surface area contributed by atoms with Gasteiger partial charge in [0.15, 0.2) is 0 Å². The fraction of sp³-hybridized carbons (Fsp3) is 0.250. The third-order valence-corrected chi connectivity index (χ3v) is 3.72. The van der Waals surface area contributed by atoms with Gasteiger partial charge in [-0.25, -0.2) is 0 Å². The Morgan fingerprint density at radius 3 is 2.43 bits per heavy atom. The minimum absolute atomic E-state index is 0.150. The molecule has 0 aliphatic rings. The molecule has 2 atom stereocenters. The van der Waals surface area contributed by atoms with E-state index in [2.05, 4.69) is 5.32 Å². The number of anilines is 1. The van der Waals surface area contributed by atoms with Gasteiger partial charge in [0, 0.05) is 22.8 Å². The minimum Gasteiger partial charge on any atom is -0.390 e. The van der Waals surface area contributed by atoms with Crippen LogP contribution in [0.5, 0.6) is 0 Å². The van der Waals surface area contributed by atoms with Crippen LogP contribution in [0.4, 0.5) is 5.69 Å². The van der Waals surface area contributed by atoms with Gasteiger partial charge in [-0.05, 0) is 23.8 Å². The Labute approximate surface area is 134 Å². The third-order valence-electron chi connectivity index (χ3n) is 3.13. The van der Waals surface area contributed by atoms with E-state index >= 15 is 0 Å². The molecule has 2 unspecified atom stereocenters. The van der Waals surface area contributed by atoms with E-state index in [-0.39, 0.29) is 5.88 Å². The molecule has 0 bridgehead atoms. The predicted molar refractivity (Wildman–Crippen MR) is 87.2 cm³/mol. The summed E-state index contributed by atoms with van der Waals surface area (Å²) in [5, 5.41) is 23.7. The van der Waals surface area contributed by atoms with Crippen molar-refractivity contribution in [1.29, 1.82) is 0 Å². The first kappa shape index (κ1) is 16.1. The SMILES string of the molecule is OC(CCl)CNc1ccc(Cl)cc1C(O)c1ccccc1. The molecule has 3 N–H and O–H groups in total. The molecule has 3 nitrogen and oxygen atoms in total. The van der Waals surface area contributed by atoms with E-state index in [9.17, 15) is 10.2 Å². The summed E-state index contributed by atoms with van der Waals surface area (Å²) in [5.41, 5.74) is 2.16. The lowest BCUT2D eigenvalue weighted by Gasteiger charge is -2.18. The van der Waals surface area contributed by atoms with Gasteiger partial charge in [-0.1, -0.05) is 41.9 Å². The number of nitrogens with one attached hydrogen (secondary N) is 1. The fourth-order valence-electron chi connectivity index (χ4n) is 2.02. The molecule has 0 saturated heterocycles. The summed E-state index contributed by atoms with van der Waals surface area (Å²) in [5.74, 6) is 0.150. The van der Waals surface area contributed by atoms with Gasteiger partial charge in [0.1, 0.15) is 6.10 Å². The van der Waals surface area contributed by atoms with E-state index in [1.165, 1.54) is 0 Å². The maximum Gasteiger partial charge on any atom is 0.106 e. The Hall–Kier alpha value is -1.26. The normalized spacial score (nSPS) is 13.7. The van der Waals surface area contributed by atoms with E-state index in [0.717, 1.165) is 11.3 Å². The van der Waals surface area contributed by atoms with Crippen LogP contribution < -0.4 is 5.32 Å². The molecule has 0 saturated carbocycles. The van der Waals surface area contributed by atoms with E-state index in [1.807, 2.05) is 30.3 Å². The standard InChI is InChI=1S/C16H17Cl2NO2/c17-9-13(20)10-19-15-7-6-12(18)8-14(15)16(21)11-4-2-1-3-5-11/h1-8,13,16,19-21H,9-10H2. The van der Waals surface area contributed by atoms with Gasteiger partial charge >= 0.3 is 0 Å². The van der Waals surface area contributed by atoms with Crippen LogP contribution in [0, 0.1) is 0 Å². The zero-order valence-corrected chi connectivity index (χ0v) is 12.8. The van der Waals surface area contributed by atoms with Crippen LogP contribution >= 0.6 is 23.2 Å². The number of aliphatic hydroxyl groups is 2. The summed E-state index contributed by atoms with van der Waals surface area (Å²) < 4.78 is 0. The number of alkyl halides is 1. The second-order valence-electron chi connectivity index (χ2n) is 4.73. The summed E-state index contributed by atoms with van der Waals surface area (Å²) in [6.45, 7) is 0.305. The maximum atomic E-state index is 10.5. The van der Waals surface area contributed by atoms with E-state index in [1.54, 1.807) is 18.2 Å². The number of hydrogen-bond donors (Lipinski definition) is 3. The second kappa shape index (κ2) is 7.66. The van der Waals surface area contributed by atoms with Crippen molar-refractivity contribution in [3.8, 4) is 0 Å². The zero-order valence-electron chi connectivity index (χ0n) is 11.3. The Morgan fingerprint density at radius 2 is 1.76 bits per heavy atom. The van der Waals surface area contributed by atoms with Crippen LogP contribution in [-0.4, -0.2) is 28.7 Å². The highest BCUT2D eigenvalue weighted by molar-refractivity contribution is 6.30. The first-order chi connectivity index (χ1) is 10.1. The Kier molecular flexibility index (Phi) is 5.88. The highest BCUT2D eigenvalue weighted by Crippen LogP contribution is 2.30. The van der Waals surface area contributed by atoms with Crippen molar-refractivity contribution >= 4 is 28.9 Å². The minimum atomic E-state index is -0.791. The molecule has 0 fully saturated rings. The summed E-state index contributed by atoms with van der Waals surface area (Å²) in [6, 6.07) is 14.6. The first-order valence-corrected chi connectivity index (χ1v) is 7.53. The Balaban J connectivity index is 2.26. The predicted octanol–water partition coefficient (Wildman–Crippen LogP) is 3.43. The van der Waals surface area contributed by atoms with Crippen molar-refractivity contribution in [3.63, 3.8) is 0 Å². The van der Waals surface area contributed by atoms with Crippen LogP contribution in [0.2, 0.25) is 5.02 Å². The molecule has 2 aromatic rings.